The molecular formula is C20H24N2O4. The molecule has 0 aliphatic heterocycles. The molecule has 1 amide bonds. The Morgan fingerprint density at radius 3 is 2.69 bits per heavy atom. The second-order valence-electron chi connectivity index (χ2n) is 5.75. The summed E-state index contributed by atoms with van der Waals surface area (Å²) in [5.41, 5.74) is 1.07. The SMILES string of the molecule is CC.CN(C(=O)c1ncccc1COc1cccc(O)c1C=O)C1CC1. The van der Waals surface area contributed by atoms with Gasteiger partial charge in [-0.05, 0) is 31.0 Å². The van der Waals surface area contributed by atoms with Crippen LogP contribution in [0.1, 0.15) is 53.1 Å². The lowest BCUT2D eigenvalue weighted by Crippen LogP contribution is -2.30. The number of pyridine rings is 1. The molecule has 1 N–H and O–H groups in total. The molecule has 0 spiro atoms. The van der Waals surface area contributed by atoms with Gasteiger partial charge in [0.15, 0.2) is 6.29 Å². The molecule has 0 saturated heterocycles. The summed E-state index contributed by atoms with van der Waals surface area (Å²) in [6.45, 7) is 4.08. The highest BCUT2D eigenvalue weighted by Crippen LogP contribution is 2.28. The van der Waals surface area contributed by atoms with E-state index in [1.807, 2.05) is 13.8 Å². The van der Waals surface area contributed by atoms with Crippen LogP contribution in [0.25, 0.3) is 0 Å². The number of aldehydes is 1. The number of amides is 1. The monoisotopic (exact) mass is 356 g/mol. The van der Waals surface area contributed by atoms with Crippen LogP contribution in [0.4, 0.5) is 0 Å². The highest BCUT2D eigenvalue weighted by molar-refractivity contribution is 5.94. The number of phenols is 1. The molecule has 0 unspecified atom stereocenters. The average molecular weight is 356 g/mol. The molecule has 0 radical (unpaired) electrons. The number of carbonyl (C=O) groups is 2. The maximum atomic E-state index is 12.5. The zero-order chi connectivity index (χ0) is 19.1. The maximum absolute atomic E-state index is 12.5. The number of benzene rings is 1. The summed E-state index contributed by atoms with van der Waals surface area (Å²) in [7, 11) is 1.78. The average Bonchev–Trinajstić information content (AvgIpc) is 3.52. The van der Waals surface area contributed by atoms with Gasteiger partial charge in [-0.25, -0.2) is 0 Å². The van der Waals surface area contributed by atoms with Crippen molar-refractivity contribution in [2.24, 2.45) is 0 Å². The van der Waals surface area contributed by atoms with Crippen molar-refractivity contribution in [2.45, 2.75) is 39.3 Å². The van der Waals surface area contributed by atoms with Crippen molar-refractivity contribution >= 4 is 12.2 Å². The summed E-state index contributed by atoms with van der Waals surface area (Å²) < 4.78 is 5.64. The molecule has 6 nitrogen and oxygen atoms in total. The first-order chi connectivity index (χ1) is 12.6. The van der Waals surface area contributed by atoms with E-state index in [4.69, 9.17) is 4.74 Å². The molecule has 6 heteroatoms. The maximum Gasteiger partial charge on any atom is 0.272 e. The first-order valence-electron chi connectivity index (χ1n) is 8.73. The molecule has 138 valence electrons. The summed E-state index contributed by atoms with van der Waals surface area (Å²) in [6, 6.07) is 8.40. The van der Waals surface area contributed by atoms with Crippen LogP contribution in [0, 0.1) is 0 Å². The molecule has 0 atom stereocenters. The summed E-state index contributed by atoms with van der Waals surface area (Å²) in [4.78, 5) is 29.5. The van der Waals surface area contributed by atoms with Gasteiger partial charge in [-0.15, -0.1) is 0 Å². The normalized spacial score (nSPS) is 12.6. The molecule has 26 heavy (non-hydrogen) atoms. The van der Waals surface area contributed by atoms with Crippen LogP contribution < -0.4 is 4.74 Å². The quantitative estimate of drug-likeness (QED) is 0.802. The van der Waals surface area contributed by atoms with Crippen molar-refractivity contribution in [3.63, 3.8) is 0 Å². The Hall–Kier alpha value is -2.89. The van der Waals surface area contributed by atoms with Gasteiger partial charge >= 0.3 is 0 Å². The Balaban J connectivity index is 0.00000117. The predicted molar refractivity (Wildman–Crippen MR) is 98.5 cm³/mol. The Kier molecular flexibility index (Phi) is 6.72. The first-order valence-corrected chi connectivity index (χ1v) is 8.73. The van der Waals surface area contributed by atoms with Crippen LogP contribution in [-0.4, -0.2) is 40.3 Å². The molecular weight excluding hydrogens is 332 g/mol. The van der Waals surface area contributed by atoms with E-state index in [2.05, 4.69) is 4.98 Å². The van der Waals surface area contributed by atoms with E-state index in [0.717, 1.165) is 12.8 Å². The standard InChI is InChI=1S/C18H18N2O4.C2H6/c1-20(13-7-8-13)18(23)17-12(4-3-9-19-17)11-24-16-6-2-5-15(22)14(16)10-21;1-2/h2-6,9-10,13,22H,7-8,11H2,1H3;1-2H3. The summed E-state index contributed by atoms with van der Waals surface area (Å²) in [5.74, 6) is -0.00975. The number of rotatable bonds is 6. The zero-order valence-electron chi connectivity index (χ0n) is 15.3. The molecule has 2 aromatic rings. The minimum absolute atomic E-state index is 0.0811. The minimum Gasteiger partial charge on any atom is -0.507 e. The smallest absolute Gasteiger partial charge is 0.272 e. The van der Waals surface area contributed by atoms with Gasteiger partial charge in [0.1, 0.15) is 23.8 Å². The summed E-state index contributed by atoms with van der Waals surface area (Å²) >= 11 is 0. The van der Waals surface area contributed by atoms with Crippen molar-refractivity contribution in [1.29, 1.82) is 0 Å². The Morgan fingerprint density at radius 1 is 1.31 bits per heavy atom. The molecule has 1 aromatic carbocycles. The summed E-state index contributed by atoms with van der Waals surface area (Å²) in [5, 5.41) is 9.69. The molecule has 3 rings (SSSR count). The molecule has 1 heterocycles. The van der Waals surface area contributed by atoms with E-state index < -0.39 is 0 Å². The van der Waals surface area contributed by atoms with Crippen molar-refractivity contribution in [3.8, 4) is 11.5 Å². The second kappa shape index (κ2) is 8.99. The van der Waals surface area contributed by atoms with Crippen LogP contribution in [0.15, 0.2) is 36.5 Å². The molecule has 1 aromatic heterocycles. The van der Waals surface area contributed by atoms with Gasteiger partial charge in [0, 0.05) is 24.8 Å². The van der Waals surface area contributed by atoms with Gasteiger partial charge in [0.25, 0.3) is 5.91 Å². The highest BCUT2D eigenvalue weighted by atomic mass is 16.5. The number of hydrogen-bond donors (Lipinski definition) is 1. The van der Waals surface area contributed by atoms with Crippen LogP contribution >= 0.6 is 0 Å². The van der Waals surface area contributed by atoms with Crippen molar-refractivity contribution in [1.82, 2.24) is 9.88 Å². The van der Waals surface area contributed by atoms with Crippen molar-refractivity contribution < 1.29 is 19.4 Å². The third-order valence-corrected chi connectivity index (χ3v) is 4.05. The Bertz CT molecular complexity index is 772. The number of ether oxygens (including phenoxy) is 1. The number of nitrogens with zero attached hydrogens (tertiary/aromatic N) is 2. The lowest BCUT2D eigenvalue weighted by Gasteiger charge is -2.18. The number of phenolic OH excluding ortho intramolecular Hbond substituents is 1. The fourth-order valence-corrected chi connectivity index (χ4v) is 2.47. The lowest BCUT2D eigenvalue weighted by molar-refractivity contribution is 0.0776. The number of hydrogen-bond acceptors (Lipinski definition) is 5. The summed E-state index contributed by atoms with van der Waals surface area (Å²) in [6.07, 6.45) is 4.16. The highest BCUT2D eigenvalue weighted by Gasteiger charge is 2.31. The van der Waals surface area contributed by atoms with Gasteiger partial charge in [-0.1, -0.05) is 26.0 Å². The molecule has 1 aliphatic rings. The van der Waals surface area contributed by atoms with Gasteiger partial charge < -0.3 is 14.7 Å². The molecule has 1 saturated carbocycles. The van der Waals surface area contributed by atoms with E-state index in [-0.39, 0.29) is 29.6 Å². The van der Waals surface area contributed by atoms with Crippen LogP contribution in [0.2, 0.25) is 0 Å². The van der Waals surface area contributed by atoms with Gasteiger partial charge in [-0.3, -0.25) is 14.6 Å². The topological polar surface area (TPSA) is 79.7 Å². The van der Waals surface area contributed by atoms with Crippen LogP contribution in [-0.2, 0) is 6.61 Å². The fraction of sp³-hybridized carbons (Fsp3) is 0.350. The first kappa shape index (κ1) is 19.4. The number of aromatic hydroxyl groups is 1. The number of carbonyl (C=O) groups excluding carboxylic acids is 2. The third kappa shape index (κ3) is 4.39. The number of aromatic nitrogens is 1. The minimum atomic E-state index is -0.140. The Labute approximate surface area is 153 Å². The molecule has 1 fully saturated rings. The Morgan fingerprint density at radius 2 is 2.04 bits per heavy atom. The van der Waals surface area contributed by atoms with Crippen molar-refractivity contribution in [3.05, 3.63) is 53.3 Å². The van der Waals surface area contributed by atoms with Gasteiger partial charge in [-0.2, -0.15) is 0 Å². The fourth-order valence-electron chi connectivity index (χ4n) is 2.47. The van der Waals surface area contributed by atoms with Crippen molar-refractivity contribution in [2.75, 3.05) is 7.05 Å². The third-order valence-electron chi connectivity index (χ3n) is 4.05. The van der Waals surface area contributed by atoms with Crippen LogP contribution in [0.3, 0.4) is 0 Å². The van der Waals surface area contributed by atoms with E-state index in [0.29, 0.717) is 23.6 Å². The largest absolute Gasteiger partial charge is 0.507 e. The van der Waals surface area contributed by atoms with E-state index in [1.165, 1.54) is 6.07 Å². The van der Waals surface area contributed by atoms with E-state index in [1.54, 1.807) is 42.4 Å². The zero-order valence-corrected chi connectivity index (χ0v) is 15.3. The van der Waals surface area contributed by atoms with E-state index in [9.17, 15) is 14.7 Å². The van der Waals surface area contributed by atoms with E-state index >= 15 is 0 Å². The van der Waals surface area contributed by atoms with Crippen LogP contribution in [0.5, 0.6) is 11.5 Å². The predicted octanol–water partition coefficient (Wildman–Crippen LogP) is 3.44. The lowest BCUT2D eigenvalue weighted by atomic mass is 10.1. The van der Waals surface area contributed by atoms with Gasteiger partial charge in [0.2, 0.25) is 0 Å². The van der Waals surface area contributed by atoms with Gasteiger partial charge in [0.05, 0.1) is 5.56 Å². The second-order valence-corrected chi connectivity index (χ2v) is 5.75. The molecule has 1 aliphatic carbocycles. The molecule has 0 bridgehead atoms.